The highest BCUT2D eigenvalue weighted by Gasteiger charge is 2.20. The van der Waals surface area contributed by atoms with Crippen LogP contribution in [0.15, 0.2) is 24.3 Å². The molecule has 0 aliphatic heterocycles. The molecular formula is C15H19N3O3. The molecule has 1 heterocycles. The van der Waals surface area contributed by atoms with Gasteiger partial charge in [0.2, 0.25) is 0 Å². The number of hydrogen-bond acceptors (Lipinski definition) is 4. The summed E-state index contributed by atoms with van der Waals surface area (Å²) < 4.78 is 7.29. The van der Waals surface area contributed by atoms with E-state index >= 15 is 0 Å². The zero-order valence-electron chi connectivity index (χ0n) is 12.4. The summed E-state index contributed by atoms with van der Waals surface area (Å²) in [7, 11) is 0. The van der Waals surface area contributed by atoms with Gasteiger partial charge in [0.05, 0.1) is 0 Å². The molecule has 112 valence electrons. The normalized spacial score (nSPS) is 10.9. The average molecular weight is 289 g/mol. The first-order valence-electron chi connectivity index (χ1n) is 6.92. The average Bonchev–Trinajstić information content (AvgIpc) is 2.89. The zero-order valence-corrected chi connectivity index (χ0v) is 12.4. The molecule has 0 aliphatic carbocycles. The molecule has 21 heavy (non-hydrogen) atoms. The van der Waals surface area contributed by atoms with E-state index in [4.69, 9.17) is 9.84 Å². The first-order valence-corrected chi connectivity index (χ1v) is 6.92. The predicted molar refractivity (Wildman–Crippen MR) is 77.5 cm³/mol. The van der Waals surface area contributed by atoms with Gasteiger partial charge in [0, 0.05) is 6.04 Å². The number of aryl methyl sites for hydroxylation is 1. The van der Waals surface area contributed by atoms with Crippen molar-refractivity contribution in [2.75, 3.05) is 0 Å². The van der Waals surface area contributed by atoms with Gasteiger partial charge in [0.15, 0.2) is 5.69 Å². The lowest BCUT2D eigenvalue weighted by atomic mass is 10.2. The second kappa shape index (κ2) is 6.39. The van der Waals surface area contributed by atoms with Crippen molar-refractivity contribution in [2.45, 2.75) is 39.8 Å². The van der Waals surface area contributed by atoms with Gasteiger partial charge in [-0.1, -0.05) is 24.3 Å². The van der Waals surface area contributed by atoms with Gasteiger partial charge < -0.3 is 9.84 Å². The van der Waals surface area contributed by atoms with E-state index in [1.807, 2.05) is 38.1 Å². The lowest BCUT2D eigenvalue weighted by Crippen LogP contribution is -2.13. The van der Waals surface area contributed by atoms with Gasteiger partial charge in [-0.3, -0.25) is 0 Å². The fourth-order valence-corrected chi connectivity index (χ4v) is 2.04. The summed E-state index contributed by atoms with van der Waals surface area (Å²) in [5.74, 6) is -0.384. The molecule has 1 aromatic heterocycles. The molecule has 0 bridgehead atoms. The third-order valence-electron chi connectivity index (χ3n) is 3.16. The van der Waals surface area contributed by atoms with Crippen LogP contribution in [0.25, 0.3) is 0 Å². The minimum absolute atomic E-state index is 0.0196. The Kier molecular flexibility index (Phi) is 4.57. The second-order valence-corrected chi connectivity index (χ2v) is 5.02. The molecule has 0 aliphatic rings. The molecule has 0 saturated heterocycles. The lowest BCUT2D eigenvalue weighted by molar-refractivity contribution is 0.0687. The number of carboxylic acid groups (broad SMARTS) is 1. The molecule has 0 fully saturated rings. The Balaban J connectivity index is 2.22. The van der Waals surface area contributed by atoms with Crippen LogP contribution >= 0.6 is 0 Å². The number of benzene rings is 1. The molecule has 0 unspecified atom stereocenters. The van der Waals surface area contributed by atoms with E-state index in [1.54, 1.807) is 4.68 Å². The Morgan fingerprint density at radius 3 is 2.81 bits per heavy atom. The maximum atomic E-state index is 11.2. The van der Waals surface area contributed by atoms with Gasteiger partial charge >= 0.3 is 5.97 Å². The number of aromatic carboxylic acids is 1. The minimum atomic E-state index is -1.09. The van der Waals surface area contributed by atoms with Crippen LogP contribution in [0.3, 0.4) is 0 Å². The molecule has 0 radical (unpaired) electrons. The molecule has 0 saturated carbocycles. The first-order chi connectivity index (χ1) is 10.0. The van der Waals surface area contributed by atoms with Crippen molar-refractivity contribution < 1.29 is 14.6 Å². The topological polar surface area (TPSA) is 77.2 Å². The van der Waals surface area contributed by atoms with E-state index < -0.39 is 5.97 Å². The van der Waals surface area contributed by atoms with Crippen LogP contribution in [0.5, 0.6) is 5.75 Å². The maximum absolute atomic E-state index is 11.2. The SMILES string of the molecule is CCc1cccc(OCc2c(C(=O)O)nnn2C(C)C)c1. The minimum Gasteiger partial charge on any atom is -0.487 e. The summed E-state index contributed by atoms with van der Waals surface area (Å²) in [5, 5.41) is 16.8. The Labute approximate surface area is 123 Å². The molecule has 1 aromatic carbocycles. The number of rotatable bonds is 6. The summed E-state index contributed by atoms with van der Waals surface area (Å²) in [6, 6.07) is 7.76. The van der Waals surface area contributed by atoms with Crippen LogP contribution in [0, 0.1) is 0 Å². The van der Waals surface area contributed by atoms with E-state index in [0.29, 0.717) is 11.4 Å². The second-order valence-electron chi connectivity index (χ2n) is 5.02. The third kappa shape index (κ3) is 3.39. The van der Waals surface area contributed by atoms with Gasteiger partial charge in [0.25, 0.3) is 0 Å². The van der Waals surface area contributed by atoms with E-state index in [-0.39, 0.29) is 18.3 Å². The summed E-state index contributed by atoms with van der Waals surface area (Å²) in [5.41, 5.74) is 1.58. The molecule has 2 aromatic rings. The van der Waals surface area contributed by atoms with Crippen molar-refractivity contribution in [3.8, 4) is 5.75 Å². The van der Waals surface area contributed by atoms with Crippen molar-refractivity contribution >= 4 is 5.97 Å². The van der Waals surface area contributed by atoms with Gasteiger partial charge in [-0.2, -0.15) is 0 Å². The van der Waals surface area contributed by atoms with Crippen molar-refractivity contribution in [1.29, 1.82) is 0 Å². The molecule has 0 atom stereocenters. The number of hydrogen-bond donors (Lipinski definition) is 1. The predicted octanol–water partition coefficient (Wildman–Crippen LogP) is 2.70. The molecule has 6 nitrogen and oxygen atoms in total. The Bertz CT molecular complexity index is 635. The standard InChI is InChI=1S/C15H19N3O3/c1-4-11-6-5-7-12(8-11)21-9-13-14(15(19)20)16-17-18(13)10(2)3/h5-8,10H,4,9H2,1-3H3,(H,19,20). The van der Waals surface area contributed by atoms with Crippen molar-refractivity contribution in [2.24, 2.45) is 0 Å². The van der Waals surface area contributed by atoms with Crippen LogP contribution < -0.4 is 4.74 Å². The molecule has 0 spiro atoms. The Morgan fingerprint density at radius 2 is 2.19 bits per heavy atom. The van der Waals surface area contributed by atoms with Gasteiger partial charge in [0.1, 0.15) is 18.1 Å². The van der Waals surface area contributed by atoms with Crippen LogP contribution in [-0.2, 0) is 13.0 Å². The summed E-state index contributed by atoms with van der Waals surface area (Å²) in [6.07, 6.45) is 0.920. The van der Waals surface area contributed by atoms with Gasteiger partial charge in [-0.05, 0) is 38.0 Å². The number of aromatic nitrogens is 3. The largest absolute Gasteiger partial charge is 0.487 e. The van der Waals surface area contributed by atoms with Crippen molar-refractivity contribution in [1.82, 2.24) is 15.0 Å². The Morgan fingerprint density at radius 1 is 1.43 bits per heavy atom. The molecule has 0 amide bonds. The van der Waals surface area contributed by atoms with Crippen LogP contribution in [0.4, 0.5) is 0 Å². The fraction of sp³-hybridized carbons (Fsp3) is 0.400. The van der Waals surface area contributed by atoms with Crippen molar-refractivity contribution in [3.63, 3.8) is 0 Å². The smallest absolute Gasteiger partial charge is 0.358 e. The zero-order chi connectivity index (χ0) is 15.4. The number of nitrogens with zero attached hydrogens (tertiary/aromatic N) is 3. The highest BCUT2D eigenvalue weighted by Crippen LogP contribution is 2.18. The number of carboxylic acids is 1. The third-order valence-corrected chi connectivity index (χ3v) is 3.16. The summed E-state index contributed by atoms with van der Waals surface area (Å²) in [6.45, 7) is 6.03. The first kappa shape index (κ1) is 15.0. The summed E-state index contributed by atoms with van der Waals surface area (Å²) >= 11 is 0. The summed E-state index contributed by atoms with van der Waals surface area (Å²) in [4.78, 5) is 11.2. The van der Waals surface area contributed by atoms with Crippen LogP contribution in [0.1, 0.15) is 48.6 Å². The van der Waals surface area contributed by atoms with E-state index in [0.717, 1.165) is 6.42 Å². The highest BCUT2D eigenvalue weighted by molar-refractivity contribution is 5.86. The quantitative estimate of drug-likeness (QED) is 0.884. The number of carbonyl (C=O) groups is 1. The van der Waals surface area contributed by atoms with Crippen LogP contribution in [0.2, 0.25) is 0 Å². The Hall–Kier alpha value is -2.37. The molecule has 2 rings (SSSR count). The fourth-order valence-electron chi connectivity index (χ4n) is 2.04. The van der Waals surface area contributed by atoms with E-state index in [1.165, 1.54) is 5.56 Å². The molecular weight excluding hydrogens is 270 g/mol. The lowest BCUT2D eigenvalue weighted by Gasteiger charge is -2.12. The van der Waals surface area contributed by atoms with Gasteiger partial charge in [-0.15, -0.1) is 5.10 Å². The van der Waals surface area contributed by atoms with E-state index in [9.17, 15) is 4.79 Å². The monoisotopic (exact) mass is 289 g/mol. The van der Waals surface area contributed by atoms with Crippen LogP contribution in [-0.4, -0.2) is 26.1 Å². The number of ether oxygens (including phenoxy) is 1. The molecule has 1 N–H and O–H groups in total. The van der Waals surface area contributed by atoms with E-state index in [2.05, 4.69) is 17.2 Å². The molecule has 6 heteroatoms. The maximum Gasteiger partial charge on any atom is 0.358 e. The van der Waals surface area contributed by atoms with Gasteiger partial charge in [-0.25, -0.2) is 9.48 Å². The highest BCUT2D eigenvalue weighted by atomic mass is 16.5. The van der Waals surface area contributed by atoms with Crippen molar-refractivity contribution in [3.05, 3.63) is 41.2 Å².